The molecule has 3 amide bonds. The second-order valence-corrected chi connectivity index (χ2v) is 6.77. The van der Waals surface area contributed by atoms with E-state index in [9.17, 15) is 14.4 Å². The zero-order valence-electron chi connectivity index (χ0n) is 14.5. The SMILES string of the molecule is O=CNC(=O)[C-]1CCN(C(=O)C2CCCc3cc(P)ccc32)C1.[CH3-].[Y]. The van der Waals surface area contributed by atoms with Gasteiger partial charge < -0.3 is 22.4 Å². The number of amides is 3. The molecule has 0 spiro atoms. The Morgan fingerprint density at radius 3 is 2.84 bits per heavy atom. The summed E-state index contributed by atoms with van der Waals surface area (Å²) in [6.07, 6.45) is 3.80. The van der Waals surface area contributed by atoms with Gasteiger partial charge in [0.25, 0.3) is 0 Å². The largest absolute Gasteiger partial charge is 0.371 e. The van der Waals surface area contributed by atoms with Gasteiger partial charge in [-0.3, -0.25) is 15.5 Å². The van der Waals surface area contributed by atoms with Crippen LogP contribution < -0.4 is 10.6 Å². The van der Waals surface area contributed by atoms with Gasteiger partial charge in [0.05, 0.1) is 11.8 Å². The Labute approximate surface area is 176 Å². The molecule has 1 aliphatic carbocycles. The minimum Gasteiger partial charge on any atom is -0.371 e. The summed E-state index contributed by atoms with van der Waals surface area (Å²) < 4.78 is 0. The van der Waals surface area contributed by atoms with E-state index in [-0.39, 0.29) is 57.9 Å². The summed E-state index contributed by atoms with van der Waals surface area (Å²) in [5.74, 6) is 0.211. The number of hydrogen-bond acceptors (Lipinski definition) is 3. The molecule has 1 aliphatic heterocycles. The van der Waals surface area contributed by atoms with Gasteiger partial charge in [0, 0.05) is 32.7 Å². The van der Waals surface area contributed by atoms with Gasteiger partial charge in [-0.15, -0.1) is 15.7 Å². The van der Waals surface area contributed by atoms with E-state index < -0.39 is 0 Å². The van der Waals surface area contributed by atoms with E-state index in [2.05, 4.69) is 26.7 Å². The predicted molar refractivity (Wildman–Crippen MR) is 96.5 cm³/mol. The van der Waals surface area contributed by atoms with E-state index in [1.165, 1.54) is 5.56 Å². The molecular weight excluding hydrogens is 412 g/mol. The number of aryl methyl sites for hydroxylation is 1. The Hall–Kier alpha value is -0.766. The van der Waals surface area contributed by atoms with Crippen LogP contribution in [0.2, 0.25) is 0 Å². The molecule has 1 fully saturated rings. The number of rotatable bonds is 3. The Balaban J connectivity index is 0.00000156. The molecule has 1 N–H and O–H groups in total. The molecule has 2 aliphatic rings. The van der Waals surface area contributed by atoms with Gasteiger partial charge in [-0.2, -0.15) is 0 Å². The third-order valence-electron chi connectivity index (χ3n) is 4.67. The zero-order chi connectivity index (χ0) is 16.4. The second-order valence-electron chi connectivity index (χ2n) is 6.11. The Morgan fingerprint density at radius 1 is 1.36 bits per heavy atom. The van der Waals surface area contributed by atoms with Crippen LogP contribution in [0.1, 0.15) is 36.3 Å². The second kappa shape index (κ2) is 9.80. The van der Waals surface area contributed by atoms with E-state index in [1.807, 2.05) is 6.07 Å². The van der Waals surface area contributed by atoms with Crippen molar-refractivity contribution in [3.8, 4) is 0 Å². The van der Waals surface area contributed by atoms with Crippen LogP contribution in [0.25, 0.3) is 0 Å². The van der Waals surface area contributed by atoms with Gasteiger partial charge in [-0.25, -0.2) is 0 Å². The topological polar surface area (TPSA) is 66.5 Å². The molecule has 0 aromatic heterocycles. The normalized spacial score (nSPS) is 18.5. The summed E-state index contributed by atoms with van der Waals surface area (Å²) in [4.78, 5) is 36.7. The number of nitrogens with one attached hydrogen (secondary N) is 1. The van der Waals surface area contributed by atoms with Crippen molar-refractivity contribution in [2.45, 2.75) is 31.6 Å². The number of likely N-dealkylation sites (tertiary alicyclic amines) is 1. The van der Waals surface area contributed by atoms with Crippen LogP contribution in [-0.4, -0.2) is 36.2 Å². The summed E-state index contributed by atoms with van der Waals surface area (Å²) in [7, 11) is 2.70. The van der Waals surface area contributed by atoms with E-state index >= 15 is 0 Å². The summed E-state index contributed by atoms with van der Waals surface area (Å²) in [5.41, 5.74) is 2.38. The smallest absolute Gasteiger partial charge is 0.227 e. The van der Waals surface area contributed by atoms with Crippen molar-refractivity contribution in [2.24, 2.45) is 0 Å². The monoisotopic (exact) mass is 435 g/mol. The van der Waals surface area contributed by atoms with Crippen molar-refractivity contribution in [1.29, 1.82) is 0 Å². The maximum absolute atomic E-state index is 12.9. The summed E-state index contributed by atoms with van der Waals surface area (Å²) >= 11 is 0. The van der Waals surface area contributed by atoms with Crippen molar-refractivity contribution >= 4 is 32.8 Å². The Morgan fingerprint density at radius 2 is 2.12 bits per heavy atom. The standard InChI is InChI=1S/C17H20N2O3P.CH3.Y/c20-10-18-16(21)12-6-7-19(9-12)17(22)15-3-1-2-11-8-13(23)4-5-14(11)15;;/h4-5,8,10,15H,1-3,6-7,9,23H2,(H,18,20,21);1H3;/q2*-1;. The van der Waals surface area contributed by atoms with Crippen molar-refractivity contribution < 1.29 is 47.1 Å². The predicted octanol–water partition coefficient (Wildman–Crippen LogP) is 1.13. The maximum Gasteiger partial charge on any atom is 0.227 e. The van der Waals surface area contributed by atoms with E-state index in [0.29, 0.717) is 31.8 Å². The Kier molecular flexibility index (Phi) is 8.73. The fraction of sp³-hybridized carbons (Fsp3) is 0.389. The number of nitrogens with zero attached hydrogens (tertiary/aromatic N) is 1. The number of carbonyl (C=O) groups is 3. The van der Waals surface area contributed by atoms with Crippen LogP contribution in [0.15, 0.2) is 18.2 Å². The number of hydrogen-bond donors (Lipinski definition) is 1. The molecule has 133 valence electrons. The first-order chi connectivity index (χ1) is 11.1. The van der Waals surface area contributed by atoms with Crippen LogP contribution in [0.4, 0.5) is 0 Å². The van der Waals surface area contributed by atoms with E-state index in [0.717, 1.165) is 30.1 Å². The van der Waals surface area contributed by atoms with Gasteiger partial charge in [0.1, 0.15) is 0 Å². The van der Waals surface area contributed by atoms with Crippen molar-refractivity contribution in [2.75, 3.05) is 13.1 Å². The number of carbonyl (C=O) groups excluding carboxylic acids is 3. The fourth-order valence-electron chi connectivity index (χ4n) is 3.50. The van der Waals surface area contributed by atoms with Crippen molar-refractivity contribution in [1.82, 2.24) is 10.2 Å². The molecule has 3 rings (SSSR count). The minimum absolute atomic E-state index is 0. The number of benzene rings is 1. The molecule has 7 heteroatoms. The van der Waals surface area contributed by atoms with E-state index in [1.54, 1.807) is 4.90 Å². The zero-order valence-corrected chi connectivity index (χ0v) is 18.4. The van der Waals surface area contributed by atoms with Gasteiger partial charge in [0.15, 0.2) is 0 Å². The third kappa shape index (κ3) is 4.90. The molecule has 0 saturated carbocycles. The molecule has 2 unspecified atom stereocenters. The molecule has 1 heterocycles. The summed E-state index contributed by atoms with van der Waals surface area (Å²) in [6.45, 7) is 0.875. The number of imide groups is 1. The van der Waals surface area contributed by atoms with Gasteiger partial charge >= 0.3 is 0 Å². The van der Waals surface area contributed by atoms with Crippen LogP contribution in [-0.2, 0) is 53.5 Å². The molecular formula is C18H23N2O3PY-2. The first-order valence-corrected chi connectivity index (χ1v) is 8.44. The average molecular weight is 435 g/mol. The third-order valence-corrected chi connectivity index (χ3v) is 5.03. The molecule has 1 aromatic rings. The molecule has 5 nitrogen and oxygen atoms in total. The quantitative estimate of drug-likeness (QED) is 0.440. The minimum atomic E-state index is -0.369. The average Bonchev–Trinajstić information content (AvgIpc) is 3.03. The van der Waals surface area contributed by atoms with Gasteiger partial charge in [0.2, 0.25) is 12.3 Å². The van der Waals surface area contributed by atoms with Crippen molar-refractivity contribution in [3.63, 3.8) is 0 Å². The van der Waals surface area contributed by atoms with Gasteiger partial charge in [-0.1, -0.05) is 24.7 Å². The molecule has 0 bridgehead atoms. The van der Waals surface area contributed by atoms with E-state index in [4.69, 9.17) is 0 Å². The van der Waals surface area contributed by atoms with Crippen LogP contribution in [0, 0.1) is 13.3 Å². The first-order valence-electron chi connectivity index (χ1n) is 7.86. The molecule has 1 radical (unpaired) electrons. The Bertz CT molecular complexity index is 653. The van der Waals surface area contributed by atoms with Gasteiger partial charge in [-0.05, 0) is 42.2 Å². The molecule has 25 heavy (non-hydrogen) atoms. The van der Waals surface area contributed by atoms with Crippen LogP contribution in [0.3, 0.4) is 0 Å². The summed E-state index contributed by atoms with van der Waals surface area (Å²) in [5, 5.41) is 3.29. The summed E-state index contributed by atoms with van der Waals surface area (Å²) in [6, 6.07) is 6.21. The maximum atomic E-state index is 12.9. The molecule has 2 atom stereocenters. The van der Waals surface area contributed by atoms with Crippen LogP contribution >= 0.6 is 9.24 Å². The van der Waals surface area contributed by atoms with Crippen LogP contribution in [0.5, 0.6) is 0 Å². The molecule has 1 saturated heterocycles. The first kappa shape index (κ1) is 22.3. The number of fused-ring (bicyclic) bond motifs is 1. The fourth-order valence-corrected chi connectivity index (χ4v) is 3.80. The molecule has 1 aromatic carbocycles. The van der Waals surface area contributed by atoms with Crippen molar-refractivity contribution in [3.05, 3.63) is 42.7 Å².